The number of hydrogen-bond acceptors (Lipinski definition) is 7. The molecule has 13 heteroatoms. The molecule has 13 nitrogen and oxygen atoms in total. The zero-order valence-electron chi connectivity index (χ0n) is 20.1. The molecule has 1 aliphatic heterocycles. The maximum absolute atomic E-state index is 12.9. The molecule has 0 spiro atoms. The van der Waals surface area contributed by atoms with Crippen LogP contribution in [0.1, 0.15) is 31.2 Å². The Labute approximate surface area is 212 Å². The van der Waals surface area contributed by atoms with Gasteiger partial charge in [-0.15, -0.1) is 0 Å². The van der Waals surface area contributed by atoms with E-state index in [2.05, 4.69) is 15.6 Å². The van der Waals surface area contributed by atoms with Crippen LogP contribution in [0, 0.1) is 0 Å². The van der Waals surface area contributed by atoms with Gasteiger partial charge in [-0.3, -0.25) is 19.2 Å². The third-order valence-corrected chi connectivity index (χ3v) is 6.35. The summed E-state index contributed by atoms with van der Waals surface area (Å²) in [6, 6.07) is 2.50. The minimum atomic E-state index is -1.46. The zero-order valence-corrected chi connectivity index (χ0v) is 20.1. The first-order chi connectivity index (χ1) is 17.6. The van der Waals surface area contributed by atoms with Gasteiger partial charge in [-0.25, -0.2) is 4.79 Å². The second kappa shape index (κ2) is 12.3. The average molecular weight is 518 g/mol. The molecule has 37 heavy (non-hydrogen) atoms. The smallest absolute Gasteiger partial charge is 0.326 e. The molecule has 200 valence electrons. The first kappa shape index (κ1) is 27.6. The van der Waals surface area contributed by atoms with E-state index >= 15 is 0 Å². The number of nitrogens with one attached hydrogen (secondary N) is 3. The lowest BCUT2D eigenvalue weighted by Crippen LogP contribution is -2.58. The normalized spacial score (nSPS) is 17.7. The molecule has 1 aromatic heterocycles. The van der Waals surface area contributed by atoms with Crippen molar-refractivity contribution in [2.75, 3.05) is 13.2 Å². The van der Waals surface area contributed by atoms with Crippen molar-refractivity contribution in [2.24, 2.45) is 5.73 Å². The highest BCUT2D eigenvalue weighted by atomic mass is 16.4. The topological polar surface area (TPSA) is 215 Å². The van der Waals surface area contributed by atoms with Gasteiger partial charge in [0.15, 0.2) is 0 Å². The molecular weight excluding hydrogens is 486 g/mol. The van der Waals surface area contributed by atoms with Crippen molar-refractivity contribution in [3.63, 3.8) is 0 Å². The lowest BCUT2D eigenvalue weighted by molar-refractivity contribution is -0.150. The molecule has 4 unspecified atom stereocenters. The number of para-hydroxylation sites is 1. The number of aliphatic hydroxyl groups is 1. The van der Waals surface area contributed by atoms with Gasteiger partial charge in [0.05, 0.1) is 12.6 Å². The Bertz CT molecular complexity index is 1160. The fourth-order valence-corrected chi connectivity index (χ4v) is 4.39. The Morgan fingerprint density at radius 2 is 1.78 bits per heavy atom. The Balaban J connectivity index is 1.67. The lowest BCUT2D eigenvalue weighted by Gasteiger charge is -2.28. The molecule has 1 aliphatic rings. The summed E-state index contributed by atoms with van der Waals surface area (Å²) in [6.45, 7) is -0.656. The Morgan fingerprint density at radius 1 is 1.08 bits per heavy atom. The highest BCUT2D eigenvalue weighted by molar-refractivity contribution is 5.95. The number of likely N-dealkylation sites (tertiary alicyclic amines) is 1. The molecule has 1 fully saturated rings. The summed E-state index contributed by atoms with van der Waals surface area (Å²) < 4.78 is 0. The SMILES string of the molecule is NC(Cc1c[nH]c2ccccc12)C(=O)NC(CCC(=O)O)C(=O)NC(CO)C(=O)N1CCCC1C(=O)O. The molecule has 4 atom stereocenters. The molecule has 0 aliphatic carbocycles. The Hall–Kier alpha value is -3.97. The summed E-state index contributed by atoms with van der Waals surface area (Å²) in [6.07, 6.45) is 1.83. The van der Waals surface area contributed by atoms with Crippen LogP contribution in [0.25, 0.3) is 10.9 Å². The molecule has 0 saturated carbocycles. The van der Waals surface area contributed by atoms with Crippen molar-refractivity contribution in [3.05, 3.63) is 36.0 Å². The fourth-order valence-electron chi connectivity index (χ4n) is 4.39. The number of aliphatic carboxylic acids is 2. The van der Waals surface area contributed by atoms with E-state index < -0.39 is 66.9 Å². The number of fused-ring (bicyclic) bond motifs is 1. The highest BCUT2D eigenvalue weighted by Gasteiger charge is 2.38. The summed E-state index contributed by atoms with van der Waals surface area (Å²) in [4.78, 5) is 65.3. The van der Waals surface area contributed by atoms with E-state index in [-0.39, 0.29) is 25.8 Å². The van der Waals surface area contributed by atoms with Gasteiger partial charge >= 0.3 is 11.9 Å². The molecule has 2 heterocycles. The molecule has 3 rings (SSSR count). The third-order valence-electron chi connectivity index (χ3n) is 6.35. The zero-order chi connectivity index (χ0) is 27.1. The standard InChI is InChI=1S/C24H31N5O8/c25-15(10-13-11-26-16-5-2-1-4-14(13)16)21(33)27-17(7-8-20(31)32)22(34)28-18(12-30)23(35)29-9-3-6-19(29)24(36)37/h1-2,4-5,11,15,17-19,26,30H,3,6-10,12,25H2,(H,27,33)(H,28,34)(H,31,32)(H,36,37). The van der Waals surface area contributed by atoms with Gasteiger partial charge in [-0.2, -0.15) is 0 Å². The second-order valence-corrected chi connectivity index (χ2v) is 8.94. The summed E-state index contributed by atoms with van der Waals surface area (Å²) in [5.74, 6) is -4.77. The van der Waals surface area contributed by atoms with Gasteiger partial charge in [0.25, 0.3) is 0 Å². The summed E-state index contributed by atoms with van der Waals surface area (Å²) in [5, 5.41) is 33.8. The number of carbonyl (C=O) groups is 5. The number of nitrogens with zero attached hydrogens (tertiary/aromatic N) is 1. The van der Waals surface area contributed by atoms with Crippen molar-refractivity contribution in [3.8, 4) is 0 Å². The van der Waals surface area contributed by atoms with Gasteiger partial charge in [0.2, 0.25) is 17.7 Å². The number of aromatic nitrogens is 1. The molecule has 2 aromatic rings. The minimum absolute atomic E-state index is 0.145. The Kier molecular flexibility index (Phi) is 9.20. The quantitative estimate of drug-likeness (QED) is 0.182. The number of aliphatic hydroxyl groups excluding tert-OH is 1. The van der Waals surface area contributed by atoms with E-state index in [0.717, 1.165) is 21.4 Å². The van der Waals surface area contributed by atoms with Crippen molar-refractivity contribution in [1.82, 2.24) is 20.5 Å². The largest absolute Gasteiger partial charge is 0.481 e. The summed E-state index contributed by atoms with van der Waals surface area (Å²) in [5.41, 5.74) is 7.73. The van der Waals surface area contributed by atoms with Crippen LogP contribution < -0.4 is 16.4 Å². The molecule has 8 N–H and O–H groups in total. The van der Waals surface area contributed by atoms with Crippen LogP contribution in [0.5, 0.6) is 0 Å². The number of rotatable bonds is 12. The predicted octanol–water partition coefficient (Wildman–Crippen LogP) is -1.06. The minimum Gasteiger partial charge on any atom is -0.481 e. The van der Waals surface area contributed by atoms with Crippen molar-refractivity contribution < 1.29 is 39.3 Å². The average Bonchev–Trinajstić information content (AvgIpc) is 3.52. The number of H-pyrrole nitrogens is 1. The number of benzene rings is 1. The van der Waals surface area contributed by atoms with E-state index in [1.165, 1.54) is 0 Å². The number of carboxylic acid groups (broad SMARTS) is 2. The monoisotopic (exact) mass is 517 g/mol. The molecule has 0 radical (unpaired) electrons. The van der Waals surface area contributed by atoms with Crippen LogP contribution in [0.4, 0.5) is 0 Å². The van der Waals surface area contributed by atoms with Crippen LogP contribution in [0.15, 0.2) is 30.5 Å². The number of nitrogens with two attached hydrogens (primary N) is 1. The molecular formula is C24H31N5O8. The fraction of sp³-hybridized carbons (Fsp3) is 0.458. The Morgan fingerprint density at radius 3 is 2.46 bits per heavy atom. The van der Waals surface area contributed by atoms with Crippen LogP contribution in [0.3, 0.4) is 0 Å². The van der Waals surface area contributed by atoms with Gasteiger partial charge < -0.3 is 41.6 Å². The summed E-state index contributed by atoms with van der Waals surface area (Å²) >= 11 is 0. The van der Waals surface area contributed by atoms with E-state index in [1.807, 2.05) is 24.3 Å². The maximum atomic E-state index is 12.9. The maximum Gasteiger partial charge on any atom is 0.326 e. The number of carboxylic acids is 2. The van der Waals surface area contributed by atoms with Gasteiger partial charge in [0.1, 0.15) is 18.1 Å². The van der Waals surface area contributed by atoms with E-state index in [1.54, 1.807) is 6.20 Å². The van der Waals surface area contributed by atoms with Crippen LogP contribution >= 0.6 is 0 Å². The van der Waals surface area contributed by atoms with Crippen LogP contribution in [-0.4, -0.2) is 92.2 Å². The number of aromatic amines is 1. The molecule has 1 aromatic carbocycles. The van der Waals surface area contributed by atoms with Crippen molar-refractivity contribution >= 4 is 40.6 Å². The number of amides is 3. The first-order valence-electron chi connectivity index (χ1n) is 11.9. The van der Waals surface area contributed by atoms with Gasteiger partial charge in [-0.05, 0) is 37.3 Å². The highest BCUT2D eigenvalue weighted by Crippen LogP contribution is 2.20. The molecule has 1 saturated heterocycles. The number of carbonyl (C=O) groups excluding carboxylic acids is 3. The van der Waals surface area contributed by atoms with E-state index in [9.17, 15) is 34.2 Å². The third kappa shape index (κ3) is 6.83. The van der Waals surface area contributed by atoms with Crippen LogP contribution in [0.2, 0.25) is 0 Å². The number of hydrogen-bond donors (Lipinski definition) is 7. The second-order valence-electron chi connectivity index (χ2n) is 8.94. The van der Waals surface area contributed by atoms with E-state index in [4.69, 9.17) is 10.8 Å². The molecule has 3 amide bonds. The van der Waals surface area contributed by atoms with Crippen molar-refractivity contribution in [2.45, 2.75) is 56.3 Å². The lowest BCUT2D eigenvalue weighted by atomic mass is 10.0. The van der Waals surface area contributed by atoms with Gasteiger partial charge in [-0.1, -0.05) is 18.2 Å². The first-order valence-corrected chi connectivity index (χ1v) is 11.9. The van der Waals surface area contributed by atoms with E-state index in [0.29, 0.717) is 6.42 Å². The predicted molar refractivity (Wildman–Crippen MR) is 130 cm³/mol. The molecule has 0 bridgehead atoms. The van der Waals surface area contributed by atoms with Crippen molar-refractivity contribution in [1.29, 1.82) is 0 Å². The van der Waals surface area contributed by atoms with Crippen LogP contribution in [-0.2, 0) is 30.4 Å². The van der Waals surface area contributed by atoms with Gasteiger partial charge in [0, 0.05) is 30.1 Å². The summed E-state index contributed by atoms with van der Waals surface area (Å²) in [7, 11) is 0.